The number of carbonyl (C=O) groups excluding carboxylic acids is 2. The van der Waals surface area contributed by atoms with E-state index in [9.17, 15) is 9.59 Å². The van der Waals surface area contributed by atoms with Gasteiger partial charge in [0, 0.05) is 38.0 Å². The van der Waals surface area contributed by atoms with Gasteiger partial charge in [0.1, 0.15) is 8.64 Å². The van der Waals surface area contributed by atoms with Gasteiger partial charge in [-0.1, -0.05) is 37.3 Å². The van der Waals surface area contributed by atoms with Crippen molar-refractivity contribution in [1.29, 1.82) is 0 Å². The van der Waals surface area contributed by atoms with Gasteiger partial charge in [-0.3, -0.25) is 9.59 Å². The van der Waals surface area contributed by atoms with E-state index in [-0.39, 0.29) is 23.7 Å². The van der Waals surface area contributed by atoms with Crippen LogP contribution in [0.4, 0.5) is 0 Å². The third-order valence-corrected chi connectivity index (χ3v) is 4.45. The minimum absolute atomic E-state index is 0.0728. The van der Waals surface area contributed by atoms with Crippen LogP contribution in [0.15, 0.2) is 0 Å². The Hall–Kier alpha value is -0.580. The van der Waals surface area contributed by atoms with E-state index in [2.05, 4.69) is 46.5 Å². The number of thiocarbonyl (C=S) groups is 2. The van der Waals surface area contributed by atoms with Gasteiger partial charge in [-0.2, -0.15) is 0 Å². The zero-order valence-corrected chi connectivity index (χ0v) is 16.8. The van der Waals surface area contributed by atoms with Crippen molar-refractivity contribution in [3.8, 4) is 0 Å². The van der Waals surface area contributed by atoms with Crippen LogP contribution in [-0.2, 0) is 9.59 Å². The van der Waals surface area contributed by atoms with E-state index in [1.807, 2.05) is 0 Å². The van der Waals surface area contributed by atoms with Crippen LogP contribution in [0.2, 0.25) is 0 Å². The zero-order chi connectivity index (χ0) is 17.9. The number of hydrogen-bond acceptors (Lipinski definition) is 4. The summed E-state index contributed by atoms with van der Waals surface area (Å²) in [4.78, 5) is 24.7. The first kappa shape index (κ1) is 21.5. The SMILES string of the molecule is O=C(NCCNC(=S)S)C1CCCCC1C(=O)NCCNC(=S)S. The Morgan fingerprint density at radius 1 is 0.750 bits per heavy atom. The molecule has 1 saturated carbocycles. The average molecular weight is 409 g/mol. The molecule has 2 amide bonds. The molecule has 0 radical (unpaired) electrons. The first-order valence-corrected chi connectivity index (χ1v) is 9.62. The summed E-state index contributed by atoms with van der Waals surface area (Å²) in [6, 6.07) is 0. The average Bonchev–Trinajstić information content (AvgIpc) is 2.54. The van der Waals surface area contributed by atoms with Gasteiger partial charge in [0.05, 0.1) is 0 Å². The smallest absolute Gasteiger partial charge is 0.223 e. The molecule has 10 heteroatoms. The topological polar surface area (TPSA) is 82.3 Å². The van der Waals surface area contributed by atoms with Crippen LogP contribution in [0.25, 0.3) is 0 Å². The van der Waals surface area contributed by atoms with E-state index in [0.29, 0.717) is 34.8 Å². The number of carbonyl (C=O) groups is 2. The van der Waals surface area contributed by atoms with Crippen LogP contribution in [-0.4, -0.2) is 46.6 Å². The Morgan fingerprint density at radius 3 is 1.42 bits per heavy atom. The molecule has 0 saturated heterocycles. The van der Waals surface area contributed by atoms with E-state index in [0.717, 1.165) is 25.7 Å². The second-order valence-corrected chi connectivity index (χ2v) is 7.86. The van der Waals surface area contributed by atoms with E-state index in [1.54, 1.807) is 0 Å². The van der Waals surface area contributed by atoms with Gasteiger partial charge in [0.15, 0.2) is 0 Å². The van der Waals surface area contributed by atoms with Gasteiger partial charge in [-0.05, 0) is 12.8 Å². The fourth-order valence-electron chi connectivity index (χ4n) is 2.73. The van der Waals surface area contributed by atoms with E-state index >= 15 is 0 Å². The Kier molecular flexibility index (Phi) is 10.6. The molecule has 2 atom stereocenters. The fourth-order valence-corrected chi connectivity index (χ4v) is 3.16. The molecule has 136 valence electrons. The van der Waals surface area contributed by atoms with Crippen LogP contribution in [0.5, 0.6) is 0 Å². The Balaban J connectivity index is 2.42. The lowest BCUT2D eigenvalue weighted by Crippen LogP contribution is -2.46. The van der Waals surface area contributed by atoms with Crippen molar-refractivity contribution in [1.82, 2.24) is 21.3 Å². The summed E-state index contributed by atoms with van der Waals surface area (Å²) in [7, 11) is 0. The van der Waals surface area contributed by atoms with Gasteiger partial charge in [-0.15, -0.1) is 25.3 Å². The molecule has 1 aliphatic carbocycles. The lowest BCUT2D eigenvalue weighted by molar-refractivity contribution is -0.136. The summed E-state index contributed by atoms with van der Waals surface area (Å²) in [6.45, 7) is 1.95. The molecular weight excluding hydrogens is 384 g/mol. The maximum Gasteiger partial charge on any atom is 0.223 e. The van der Waals surface area contributed by atoms with Crippen LogP contribution in [0.3, 0.4) is 0 Å². The molecule has 0 bridgehead atoms. The van der Waals surface area contributed by atoms with Crippen molar-refractivity contribution in [3.63, 3.8) is 0 Å². The first-order chi connectivity index (χ1) is 11.4. The zero-order valence-electron chi connectivity index (χ0n) is 13.3. The highest BCUT2D eigenvalue weighted by Crippen LogP contribution is 2.30. The molecule has 4 N–H and O–H groups in total. The second-order valence-electron chi connectivity index (χ2n) is 5.54. The molecule has 0 spiro atoms. The van der Waals surface area contributed by atoms with Gasteiger partial charge in [0.2, 0.25) is 11.8 Å². The number of hydrogen-bond donors (Lipinski definition) is 6. The lowest BCUT2D eigenvalue weighted by atomic mass is 9.78. The number of nitrogens with one attached hydrogen (secondary N) is 4. The molecule has 24 heavy (non-hydrogen) atoms. The van der Waals surface area contributed by atoms with E-state index < -0.39 is 0 Å². The number of rotatable bonds is 8. The van der Waals surface area contributed by atoms with Crippen molar-refractivity contribution in [2.75, 3.05) is 26.2 Å². The maximum atomic E-state index is 12.4. The summed E-state index contributed by atoms with van der Waals surface area (Å²) >= 11 is 17.5. The summed E-state index contributed by atoms with van der Waals surface area (Å²) in [5, 5.41) is 11.4. The quantitative estimate of drug-likeness (QED) is 0.201. The van der Waals surface area contributed by atoms with Gasteiger partial charge >= 0.3 is 0 Å². The minimum atomic E-state index is -0.277. The summed E-state index contributed by atoms with van der Waals surface area (Å²) in [5.74, 6) is -0.700. The van der Waals surface area contributed by atoms with Crippen LogP contribution < -0.4 is 21.3 Å². The molecule has 0 aromatic rings. The van der Waals surface area contributed by atoms with Crippen molar-refractivity contribution in [2.24, 2.45) is 11.8 Å². The normalized spacial score (nSPS) is 19.9. The molecule has 6 nitrogen and oxygen atoms in total. The molecule has 0 aliphatic heterocycles. The fraction of sp³-hybridized carbons (Fsp3) is 0.714. The highest BCUT2D eigenvalue weighted by molar-refractivity contribution is 8.11. The maximum absolute atomic E-state index is 12.4. The molecule has 1 aliphatic rings. The Morgan fingerprint density at radius 2 is 1.08 bits per heavy atom. The molecule has 1 rings (SSSR count). The minimum Gasteiger partial charge on any atom is -0.369 e. The second kappa shape index (κ2) is 11.9. The highest BCUT2D eigenvalue weighted by atomic mass is 32.1. The van der Waals surface area contributed by atoms with Crippen LogP contribution in [0, 0.1) is 11.8 Å². The summed E-state index contributed by atoms with van der Waals surface area (Å²) in [5.41, 5.74) is 0. The van der Waals surface area contributed by atoms with Crippen molar-refractivity contribution in [3.05, 3.63) is 0 Å². The molecular formula is C14H24N4O2S4. The summed E-state index contributed by atoms with van der Waals surface area (Å²) < 4.78 is 0.793. The first-order valence-electron chi connectivity index (χ1n) is 7.91. The number of amides is 2. The largest absolute Gasteiger partial charge is 0.369 e. The van der Waals surface area contributed by atoms with Crippen LogP contribution >= 0.6 is 49.7 Å². The predicted molar refractivity (Wildman–Crippen MR) is 111 cm³/mol. The van der Waals surface area contributed by atoms with E-state index in [1.165, 1.54) is 0 Å². The molecule has 2 unspecified atom stereocenters. The highest BCUT2D eigenvalue weighted by Gasteiger charge is 2.35. The van der Waals surface area contributed by atoms with Gasteiger partial charge in [-0.25, -0.2) is 0 Å². The van der Waals surface area contributed by atoms with Gasteiger partial charge in [0.25, 0.3) is 0 Å². The molecule has 0 aromatic heterocycles. The molecule has 0 aromatic carbocycles. The Labute approximate surface area is 164 Å². The molecule has 0 heterocycles. The van der Waals surface area contributed by atoms with Crippen molar-refractivity contribution < 1.29 is 9.59 Å². The van der Waals surface area contributed by atoms with E-state index in [4.69, 9.17) is 24.4 Å². The standard InChI is InChI=1S/C14H24N4O2S4/c19-11(15-5-7-17-13(21)22)9-3-1-2-4-10(9)12(20)16-6-8-18-14(23)24/h9-10H,1-8H2,(H,15,19)(H,16,20)(H2,17,21,22)(H2,18,23,24). The lowest BCUT2D eigenvalue weighted by Gasteiger charge is -2.29. The van der Waals surface area contributed by atoms with Crippen molar-refractivity contribution >= 4 is 70.1 Å². The van der Waals surface area contributed by atoms with Crippen LogP contribution in [0.1, 0.15) is 25.7 Å². The predicted octanol–water partition coefficient (Wildman–Crippen LogP) is 0.634. The van der Waals surface area contributed by atoms with Gasteiger partial charge < -0.3 is 21.3 Å². The summed E-state index contributed by atoms with van der Waals surface area (Å²) in [6.07, 6.45) is 3.41. The Bertz CT molecular complexity index is 434. The molecule has 1 fully saturated rings. The third-order valence-electron chi connectivity index (χ3n) is 3.84. The monoisotopic (exact) mass is 408 g/mol. The van der Waals surface area contributed by atoms with Crippen molar-refractivity contribution in [2.45, 2.75) is 25.7 Å². The third kappa shape index (κ3) is 8.50. The number of thiol groups is 2.